The number of hydrogen-bond acceptors (Lipinski definition) is 2. The third kappa shape index (κ3) is 2.76. The van der Waals surface area contributed by atoms with E-state index in [1.807, 2.05) is 13.8 Å². The van der Waals surface area contributed by atoms with Crippen LogP contribution in [0, 0.1) is 5.82 Å². The molecule has 0 unspecified atom stereocenters. The van der Waals surface area contributed by atoms with Crippen molar-refractivity contribution in [2.45, 2.75) is 36.3 Å². The smallest absolute Gasteiger partial charge is 0.320 e. The highest BCUT2D eigenvalue weighted by atomic mass is 32.2. The molecule has 16 heavy (non-hydrogen) atoms. The van der Waals surface area contributed by atoms with Crippen molar-refractivity contribution in [1.82, 2.24) is 0 Å². The molecule has 0 aliphatic rings. The van der Waals surface area contributed by atoms with E-state index in [-0.39, 0.29) is 5.82 Å². The minimum Gasteiger partial charge on any atom is -0.480 e. The quantitative estimate of drug-likeness (QED) is 0.802. The number of carboxylic acids is 1. The number of aliphatic carboxylic acids is 1. The Labute approximate surface area is 98.9 Å². The molecule has 0 saturated heterocycles. The molecular weight excluding hydrogens is 227 g/mol. The molecule has 1 aromatic carbocycles. The van der Waals surface area contributed by atoms with Crippen molar-refractivity contribution in [3.63, 3.8) is 0 Å². The van der Waals surface area contributed by atoms with Gasteiger partial charge in [0.15, 0.2) is 0 Å². The van der Waals surface area contributed by atoms with Gasteiger partial charge in [-0.25, -0.2) is 4.39 Å². The Bertz CT molecular complexity index is 358. The van der Waals surface area contributed by atoms with Crippen LogP contribution in [0.25, 0.3) is 0 Å². The molecule has 0 atom stereocenters. The highest BCUT2D eigenvalue weighted by Gasteiger charge is 2.35. The third-order valence-corrected chi connectivity index (χ3v) is 4.31. The zero-order valence-electron chi connectivity index (χ0n) is 9.37. The van der Waals surface area contributed by atoms with Crippen LogP contribution in [0.5, 0.6) is 0 Å². The van der Waals surface area contributed by atoms with Crippen molar-refractivity contribution in [1.29, 1.82) is 0 Å². The fourth-order valence-corrected chi connectivity index (χ4v) is 2.57. The maximum absolute atomic E-state index is 12.7. The van der Waals surface area contributed by atoms with E-state index in [0.29, 0.717) is 12.8 Å². The maximum Gasteiger partial charge on any atom is 0.320 e. The van der Waals surface area contributed by atoms with Crippen molar-refractivity contribution < 1.29 is 14.3 Å². The van der Waals surface area contributed by atoms with E-state index in [1.54, 1.807) is 12.1 Å². The van der Waals surface area contributed by atoms with E-state index < -0.39 is 10.7 Å². The summed E-state index contributed by atoms with van der Waals surface area (Å²) in [5.74, 6) is -1.12. The third-order valence-electron chi connectivity index (χ3n) is 2.66. The van der Waals surface area contributed by atoms with Gasteiger partial charge in [-0.05, 0) is 37.1 Å². The van der Waals surface area contributed by atoms with Crippen LogP contribution in [0.1, 0.15) is 26.7 Å². The lowest BCUT2D eigenvalue weighted by molar-refractivity contribution is -0.140. The van der Waals surface area contributed by atoms with E-state index in [2.05, 4.69) is 0 Å². The average Bonchev–Trinajstić information content (AvgIpc) is 2.28. The van der Waals surface area contributed by atoms with Crippen LogP contribution in [0.15, 0.2) is 29.2 Å². The molecule has 0 saturated carbocycles. The van der Waals surface area contributed by atoms with Crippen LogP contribution < -0.4 is 0 Å². The Morgan fingerprint density at radius 2 is 1.81 bits per heavy atom. The largest absolute Gasteiger partial charge is 0.480 e. The molecule has 0 spiro atoms. The SMILES string of the molecule is CCC(CC)(Sc1ccc(F)cc1)C(=O)O. The highest BCUT2D eigenvalue weighted by Crippen LogP contribution is 2.38. The van der Waals surface area contributed by atoms with Gasteiger partial charge in [0, 0.05) is 4.90 Å². The first-order valence-electron chi connectivity index (χ1n) is 5.22. The van der Waals surface area contributed by atoms with Crippen molar-refractivity contribution in [3.8, 4) is 0 Å². The zero-order valence-corrected chi connectivity index (χ0v) is 10.2. The first-order valence-corrected chi connectivity index (χ1v) is 6.03. The Balaban J connectivity index is 2.91. The highest BCUT2D eigenvalue weighted by molar-refractivity contribution is 8.01. The lowest BCUT2D eigenvalue weighted by Crippen LogP contribution is -2.33. The maximum atomic E-state index is 12.7. The van der Waals surface area contributed by atoms with Crippen molar-refractivity contribution >= 4 is 17.7 Å². The second-order valence-corrected chi connectivity index (χ2v) is 5.02. The van der Waals surface area contributed by atoms with E-state index >= 15 is 0 Å². The van der Waals surface area contributed by atoms with E-state index in [4.69, 9.17) is 0 Å². The summed E-state index contributed by atoms with van der Waals surface area (Å²) >= 11 is 1.29. The zero-order chi connectivity index (χ0) is 12.2. The molecule has 88 valence electrons. The van der Waals surface area contributed by atoms with E-state index in [0.717, 1.165) is 4.90 Å². The minimum absolute atomic E-state index is 0.307. The fourth-order valence-electron chi connectivity index (χ4n) is 1.47. The van der Waals surface area contributed by atoms with Crippen LogP contribution in [0.3, 0.4) is 0 Å². The van der Waals surface area contributed by atoms with Crippen LogP contribution in [0.2, 0.25) is 0 Å². The Hall–Kier alpha value is -1.03. The van der Waals surface area contributed by atoms with E-state index in [9.17, 15) is 14.3 Å². The number of carboxylic acid groups (broad SMARTS) is 1. The molecule has 2 nitrogen and oxygen atoms in total. The molecule has 1 rings (SSSR count). The van der Waals surface area contributed by atoms with Gasteiger partial charge in [0.25, 0.3) is 0 Å². The Morgan fingerprint density at radius 1 is 1.31 bits per heavy atom. The van der Waals surface area contributed by atoms with Crippen molar-refractivity contribution in [2.24, 2.45) is 0 Å². The standard InChI is InChI=1S/C12H15FO2S/c1-3-12(4-2,11(14)15)16-10-7-5-9(13)6-8-10/h5-8H,3-4H2,1-2H3,(H,14,15). The van der Waals surface area contributed by atoms with Gasteiger partial charge in [0.1, 0.15) is 10.6 Å². The summed E-state index contributed by atoms with van der Waals surface area (Å²) in [5.41, 5.74) is 0. The normalized spacial score (nSPS) is 11.4. The number of thioether (sulfide) groups is 1. The summed E-state index contributed by atoms with van der Waals surface area (Å²) in [6, 6.07) is 5.92. The van der Waals surface area contributed by atoms with Crippen molar-refractivity contribution in [3.05, 3.63) is 30.1 Å². The van der Waals surface area contributed by atoms with Crippen LogP contribution in [-0.4, -0.2) is 15.8 Å². The summed E-state index contributed by atoms with van der Waals surface area (Å²) in [4.78, 5) is 12.0. The van der Waals surface area contributed by atoms with Gasteiger partial charge < -0.3 is 5.11 Å². The predicted octanol–water partition coefficient (Wildman–Crippen LogP) is 3.56. The molecule has 0 heterocycles. The predicted molar refractivity (Wildman–Crippen MR) is 63.2 cm³/mol. The fraction of sp³-hybridized carbons (Fsp3) is 0.417. The molecule has 4 heteroatoms. The molecule has 0 bridgehead atoms. The molecule has 0 aliphatic heterocycles. The molecule has 0 amide bonds. The second kappa shape index (κ2) is 5.34. The van der Waals surface area contributed by atoms with Gasteiger partial charge in [-0.1, -0.05) is 13.8 Å². The average molecular weight is 242 g/mol. The second-order valence-electron chi connectivity index (χ2n) is 3.56. The lowest BCUT2D eigenvalue weighted by Gasteiger charge is -2.25. The summed E-state index contributed by atoms with van der Waals surface area (Å²) in [7, 11) is 0. The Morgan fingerprint density at radius 3 is 2.19 bits per heavy atom. The van der Waals surface area contributed by atoms with Gasteiger partial charge >= 0.3 is 5.97 Å². The number of hydrogen-bond donors (Lipinski definition) is 1. The van der Waals surface area contributed by atoms with Crippen LogP contribution in [-0.2, 0) is 4.79 Å². The summed E-state index contributed by atoms with van der Waals surface area (Å²) in [6.45, 7) is 3.71. The van der Waals surface area contributed by atoms with Gasteiger partial charge in [-0.15, -0.1) is 11.8 Å². The van der Waals surface area contributed by atoms with Gasteiger partial charge in [0.05, 0.1) is 0 Å². The monoisotopic (exact) mass is 242 g/mol. The molecule has 1 N–H and O–H groups in total. The molecular formula is C12H15FO2S. The first kappa shape index (κ1) is 13.0. The van der Waals surface area contributed by atoms with Gasteiger partial charge in [-0.2, -0.15) is 0 Å². The lowest BCUT2D eigenvalue weighted by atomic mass is 10.0. The number of rotatable bonds is 5. The molecule has 0 aromatic heterocycles. The number of carbonyl (C=O) groups is 1. The Kier molecular flexibility index (Phi) is 4.35. The number of benzene rings is 1. The summed E-state index contributed by atoms with van der Waals surface area (Å²) in [6.07, 6.45) is 1.09. The number of halogens is 1. The topological polar surface area (TPSA) is 37.3 Å². The summed E-state index contributed by atoms with van der Waals surface area (Å²) < 4.78 is 11.9. The van der Waals surface area contributed by atoms with E-state index in [1.165, 1.54) is 23.9 Å². The van der Waals surface area contributed by atoms with Gasteiger partial charge in [0.2, 0.25) is 0 Å². The summed E-state index contributed by atoms with van der Waals surface area (Å²) in [5, 5.41) is 9.24. The molecule has 0 fully saturated rings. The molecule has 0 radical (unpaired) electrons. The molecule has 1 aromatic rings. The van der Waals surface area contributed by atoms with Crippen LogP contribution >= 0.6 is 11.8 Å². The van der Waals surface area contributed by atoms with Crippen LogP contribution in [0.4, 0.5) is 4.39 Å². The minimum atomic E-state index is -0.813. The molecule has 0 aliphatic carbocycles. The van der Waals surface area contributed by atoms with Crippen molar-refractivity contribution in [2.75, 3.05) is 0 Å². The first-order chi connectivity index (χ1) is 7.54. The van der Waals surface area contributed by atoms with Gasteiger partial charge in [-0.3, -0.25) is 4.79 Å².